The number of aromatic amines is 1. The van der Waals surface area contributed by atoms with Crippen LogP contribution in [0, 0.1) is 18.6 Å². The molecule has 1 atom stereocenters. The van der Waals surface area contributed by atoms with Crippen LogP contribution in [0.3, 0.4) is 0 Å². The number of amides is 1. The number of aryl methyl sites for hydroxylation is 1. The zero-order valence-electron chi connectivity index (χ0n) is 17.1. The van der Waals surface area contributed by atoms with Crippen molar-refractivity contribution in [3.05, 3.63) is 56.0 Å². The highest BCUT2D eigenvalue weighted by Gasteiger charge is 2.30. The maximum atomic E-state index is 13.4. The van der Waals surface area contributed by atoms with Crippen molar-refractivity contribution in [3.8, 4) is 0 Å². The number of likely N-dealkylation sites (tertiary alicyclic amines) is 1. The quantitative estimate of drug-likeness (QED) is 0.607. The van der Waals surface area contributed by atoms with Gasteiger partial charge in [0.15, 0.2) is 4.77 Å². The molecule has 3 aromatic rings. The summed E-state index contributed by atoms with van der Waals surface area (Å²) in [6.45, 7) is 9.29. The van der Waals surface area contributed by atoms with Crippen LogP contribution >= 0.6 is 23.6 Å². The molecule has 1 amide bonds. The predicted octanol–water partition coefficient (Wildman–Crippen LogP) is 4.51. The van der Waals surface area contributed by atoms with Crippen LogP contribution in [0.1, 0.15) is 58.1 Å². The second-order valence-corrected chi connectivity index (χ2v) is 9.09. The highest BCUT2D eigenvalue weighted by Crippen LogP contribution is 2.28. The summed E-state index contributed by atoms with van der Waals surface area (Å²) >= 11 is 7.09. The zero-order valence-corrected chi connectivity index (χ0v) is 18.8. The summed E-state index contributed by atoms with van der Waals surface area (Å²) in [5.74, 6) is 1.31. The molecular formula is C21H27N5OS2. The number of thiophene rings is 1. The number of carbonyl (C=O) groups is 1. The minimum absolute atomic E-state index is 0.123. The van der Waals surface area contributed by atoms with E-state index in [4.69, 9.17) is 12.2 Å². The van der Waals surface area contributed by atoms with Crippen molar-refractivity contribution in [1.82, 2.24) is 24.2 Å². The van der Waals surface area contributed by atoms with E-state index in [2.05, 4.69) is 53.0 Å². The lowest BCUT2D eigenvalue weighted by molar-refractivity contribution is 0.0702. The smallest absolute Gasteiger partial charge is 0.255 e. The number of carbonyl (C=O) groups excluding carboxylic acids is 1. The van der Waals surface area contributed by atoms with Crippen LogP contribution in [0.15, 0.2) is 23.6 Å². The SMILES string of the molecule is CCn1c(C2CCCN(C(=O)c3cc(C)n(Cc4cccs4)c3C)C2)n[nH]c1=S. The Bertz CT molecular complexity index is 1060. The molecule has 0 aliphatic carbocycles. The second-order valence-electron chi connectivity index (χ2n) is 7.67. The van der Waals surface area contributed by atoms with Gasteiger partial charge in [0.1, 0.15) is 5.82 Å². The Hall–Kier alpha value is -2.19. The second kappa shape index (κ2) is 8.28. The Morgan fingerprint density at radius 2 is 2.21 bits per heavy atom. The number of H-pyrrole nitrogens is 1. The molecule has 0 radical (unpaired) electrons. The van der Waals surface area contributed by atoms with Crippen LogP contribution in [0.5, 0.6) is 0 Å². The first-order chi connectivity index (χ1) is 14.0. The highest BCUT2D eigenvalue weighted by atomic mass is 32.1. The number of piperidine rings is 1. The van der Waals surface area contributed by atoms with E-state index in [9.17, 15) is 4.79 Å². The Kier molecular flexibility index (Phi) is 5.74. The summed E-state index contributed by atoms with van der Waals surface area (Å²) in [5.41, 5.74) is 2.98. The first-order valence-electron chi connectivity index (χ1n) is 10.1. The molecule has 1 aliphatic heterocycles. The molecule has 1 N–H and O–H groups in total. The maximum absolute atomic E-state index is 13.4. The molecule has 0 spiro atoms. The van der Waals surface area contributed by atoms with E-state index < -0.39 is 0 Å². The number of nitrogens with zero attached hydrogens (tertiary/aromatic N) is 4. The summed E-state index contributed by atoms with van der Waals surface area (Å²) in [6.07, 6.45) is 2.01. The van der Waals surface area contributed by atoms with Gasteiger partial charge in [0.05, 0.1) is 12.1 Å². The van der Waals surface area contributed by atoms with E-state index in [1.54, 1.807) is 11.3 Å². The van der Waals surface area contributed by atoms with E-state index >= 15 is 0 Å². The third-order valence-electron chi connectivity index (χ3n) is 5.88. The fourth-order valence-electron chi connectivity index (χ4n) is 4.31. The summed E-state index contributed by atoms with van der Waals surface area (Å²) in [6, 6.07) is 6.25. The Morgan fingerprint density at radius 1 is 1.38 bits per heavy atom. The lowest BCUT2D eigenvalue weighted by Crippen LogP contribution is -2.40. The van der Waals surface area contributed by atoms with Gasteiger partial charge in [0.25, 0.3) is 5.91 Å². The summed E-state index contributed by atoms with van der Waals surface area (Å²) < 4.78 is 4.94. The van der Waals surface area contributed by atoms with Gasteiger partial charge in [-0.05, 0) is 63.3 Å². The number of rotatable bonds is 5. The van der Waals surface area contributed by atoms with Gasteiger partial charge in [-0.15, -0.1) is 11.3 Å². The monoisotopic (exact) mass is 429 g/mol. The van der Waals surface area contributed by atoms with Crippen molar-refractivity contribution >= 4 is 29.5 Å². The topological polar surface area (TPSA) is 58.9 Å². The molecule has 1 aliphatic rings. The van der Waals surface area contributed by atoms with Gasteiger partial charge in [-0.25, -0.2) is 0 Å². The van der Waals surface area contributed by atoms with Crippen LogP contribution in [0.25, 0.3) is 0 Å². The fourth-order valence-corrected chi connectivity index (χ4v) is 5.27. The minimum Gasteiger partial charge on any atom is -0.343 e. The van der Waals surface area contributed by atoms with E-state index in [1.807, 2.05) is 15.5 Å². The molecule has 29 heavy (non-hydrogen) atoms. The zero-order chi connectivity index (χ0) is 20.5. The first-order valence-corrected chi connectivity index (χ1v) is 11.4. The summed E-state index contributed by atoms with van der Waals surface area (Å²) in [5, 5.41) is 9.46. The molecular weight excluding hydrogens is 402 g/mol. The van der Waals surface area contributed by atoms with Crippen molar-refractivity contribution in [1.29, 1.82) is 0 Å². The molecule has 3 aromatic heterocycles. The van der Waals surface area contributed by atoms with Crippen molar-refractivity contribution in [2.45, 2.75) is 52.6 Å². The van der Waals surface area contributed by atoms with Crippen molar-refractivity contribution < 1.29 is 4.79 Å². The Morgan fingerprint density at radius 3 is 2.93 bits per heavy atom. The van der Waals surface area contributed by atoms with Crippen molar-refractivity contribution in [2.75, 3.05) is 13.1 Å². The maximum Gasteiger partial charge on any atom is 0.255 e. The molecule has 1 unspecified atom stereocenters. The standard InChI is InChI=1S/C21H27N5OS2/c1-4-25-19(22-23-21(25)28)16-7-5-9-24(12-16)20(27)18-11-14(2)26(15(18)3)13-17-8-6-10-29-17/h6,8,10-11,16H,4-5,7,9,12-13H2,1-3H3,(H,23,28). The number of nitrogens with one attached hydrogen (secondary N) is 1. The third-order valence-corrected chi connectivity index (χ3v) is 7.05. The van der Waals surface area contributed by atoms with Crippen molar-refractivity contribution in [2.24, 2.45) is 0 Å². The average molecular weight is 430 g/mol. The predicted molar refractivity (Wildman–Crippen MR) is 118 cm³/mol. The number of hydrogen-bond donors (Lipinski definition) is 1. The van der Waals surface area contributed by atoms with E-state index in [0.29, 0.717) is 11.3 Å². The van der Waals surface area contributed by atoms with Gasteiger partial charge >= 0.3 is 0 Å². The van der Waals surface area contributed by atoms with E-state index in [0.717, 1.165) is 55.3 Å². The molecule has 4 heterocycles. The lowest BCUT2D eigenvalue weighted by atomic mass is 9.96. The van der Waals surface area contributed by atoms with E-state index in [-0.39, 0.29) is 11.8 Å². The van der Waals surface area contributed by atoms with Gasteiger partial charge in [-0.3, -0.25) is 9.89 Å². The Balaban J connectivity index is 1.56. The average Bonchev–Trinajstić information content (AvgIpc) is 3.44. The summed E-state index contributed by atoms with van der Waals surface area (Å²) in [7, 11) is 0. The number of aromatic nitrogens is 4. The lowest BCUT2D eigenvalue weighted by Gasteiger charge is -2.32. The molecule has 4 rings (SSSR count). The molecule has 1 saturated heterocycles. The van der Waals surface area contributed by atoms with Gasteiger partial charge in [0.2, 0.25) is 0 Å². The van der Waals surface area contributed by atoms with Crippen LogP contribution in [-0.4, -0.2) is 43.2 Å². The van der Waals surface area contributed by atoms with Crippen LogP contribution in [0.2, 0.25) is 0 Å². The van der Waals surface area contributed by atoms with Crippen molar-refractivity contribution in [3.63, 3.8) is 0 Å². The molecule has 8 heteroatoms. The number of hydrogen-bond acceptors (Lipinski definition) is 4. The first kappa shape index (κ1) is 20.1. The highest BCUT2D eigenvalue weighted by molar-refractivity contribution is 7.71. The van der Waals surface area contributed by atoms with Crippen LogP contribution in [-0.2, 0) is 13.1 Å². The molecule has 0 bridgehead atoms. The minimum atomic E-state index is 0.123. The fraction of sp³-hybridized carbons (Fsp3) is 0.476. The van der Waals surface area contributed by atoms with Gasteiger partial charge in [-0.1, -0.05) is 6.07 Å². The van der Waals surface area contributed by atoms with Gasteiger partial charge in [-0.2, -0.15) is 5.10 Å². The van der Waals surface area contributed by atoms with Crippen LogP contribution in [0.4, 0.5) is 0 Å². The molecule has 0 aromatic carbocycles. The molecule has 0 saturated carbocycles. The molecule has 1 fully saturated rings. The Labute approximate surface area is 180 Å². The molecule has 154 valence electrons. The van der Waals surface area contributed by atoms with Crippen LogP contribution < -0.4 is 0 Å². The third kappa shape index (κ3) is 3.83. The van der Waals surface area contributed by atoms with E-state index in [1.165, 1.54) is 4.88 Å². The molecule has 6 nitrogen and oxygen atoms in total. The normalized spacial score (nSPS) is 17.1. The largest absolute Gasteiger partial charge is 0.343 e. The summed E-state index contributed by atoms with van der Waals surface area (Å²) in [4.78, 5) is 16.7. The van der Waals surface area contributed by atoms with Gasteiger partial charge < -0.3 is 14.0 Å². The van der Waals surface area contributed by atoms with Gasteiger partial charge in [0, 0.05) is 41.8 Å².